The van der Waals surface area contributed by atoms with Crippen LogP contribution in [0.25, 0.3) is 6.08 Å². The van der Waals surface area contributed by atoms with Crippen molar-refractivity contribution in [2.24, 2.45) is 10.1 Å². The van der Waals surface area contributed by atoms with Gasteiger partial charge < -0.3 is 9.30 Å². The number of rotatable bonds is 6. The Kier molecular flexibility index (Phi) is 6.13. The second-order valence-corrected chi connectivity index (χ2v) is 9.51. The number of carbonyl (C=O) groups is 1. The molecule has 35 heavy (non-hydrogen) atoms. The van der Waals surface area contributed by atoms with Crippen LogP contribution < -0.4 is 4.74 Å². The van der Waals surface area contributed by atoms with Crippen molar-refractivity contribution in [3.63, 3.8) is 0 Å². The van der Waals surface area contributed by atoms with Gasteiger partial charge in [0, 0.05) is 17.9 Å². The summed E-state index contributed by atoms with van der Waals surface area (Å²) >= 11 is 1.25. The van der Waals surface area contributed by atoms with Crippen LogP contribution in [0.1, 0.15) is 28.1 Å². The molecule has 0 aliphatic carbocycles. The van der Waals surface area contributed by atoms with Crippen LogP contribution in [0.3, 0.4) is 0 Å². The van der Waals surface area contributed by atoms with Gasteiger partial charge in [-0.15, -0.1) is 0 Å². The van der Waals surface area contributed by atoms with Gasteiger partial charge in [-0.1, -0.05) is 48.5 Å². The highest BCUT2D eigenvalue weighted by atomic mass is 32.2. The van der Waals surface area contributed by atoms with Gasteiger partial charge in [0.1, 0.15) is 17.4 Å². The fraction of sp³-hybridized carbons (Fsp3) is 0.185. The van der Waals surface area contributed by atoms with Gasteiger partial charge in [0.2, 0.25) is 5.17 Å². The average Bonchev–Trinajstić information content (AvgIpc) is 3.37. The van der Waals surface area contributed by atoms with E-state index in [9.17, 15) is 4.79 Å². The van der Waals surface area contributed by atoms with E-state index in [0.29, 0.717) is 10.2 Å². The number of amides is 1. The minimum absolute atomic E-state index is 0.0197. The summed E-state index contributed by atoms with van der Waals surface area (Å²) in [6.07, 6.45) is 1.75. The van der Waals surface area contributed by atoms with Gasteiger partial charge in [0.25, 0.3) is 5.91 Å². The Morgan fingerprint density at radius 1 is 1.06 bits per heavy atom. The Bertz CT molecular complexity index is 1420. The van der Waals surface area contributed by atoms with E-state index in [1.807, 2.05) is 69.3 Å². The summed E-state index contributed by atoms with van der Waals surface area (Å²) in [6, 6.07) is 20.0. The lowest BCUT2D eigenvalue weighted by molar-refractivity contribution is -0.114. The summed E-state index contributed by atoms with van der Waals surface area (Å²) in [7, 11) is 0. The molecular formula is C27H25N5O2S. The lowest BCUT2D eigenvalue weighted by Gasteiger charge is -2.20. The number of nitrogens with one attached hydrogen (secondary N) is 1. The van der Waals surface area contributed by atoms with Crippen LogP contribution >= 0.6 is 11.8 Å². The van der Waals surface area contributed by atoms with Crippen molar-refractivity contribution >= 4 is 39.8 Å². The largest absolute Gasteiger partial charge is 0.486 e. The summed E-state index contributed by atoms with van der Waals surface area (Å²) in [4.78, 5) is 17.1. The second-order valence-electron chi connectivity index (χ2n) is 8.47. The van der Waals surface area contributed by atoms with Crippen LogP contribution in [0.2, 0.25) is 0 Å². The zero-order valence-electron chi connectivity index (χ0n) is 19.8. The molecule has 0 bridgehead atoms. The first-order chi connectivity index (χ1) is 16.9. The van der Waals surface area contributed by atoms with Crippen molar-refractivity contribution in [1.29, 1.82) is 5.41 Å². The number of aliphatic imine (C=N–C) groups is 1. The molecular weight excluding hydrogens is 458 g/mol. The van der Waals surface area contributed by atoms with Crippen molar-refractivity contribution in [3.8, 4) is 5.75 Å². The summed E-state index contributed by atoms with van der Waals surface area (Å²) in [5.41, 5.74) is 5.46. The van der Waals surface area contributed by atoms with Crippen molar-refractivity contribution in [2.45, 2.75) is 27.3 Å². The predicted octanol–water partition coefficient (Wildman–Crippen LogP) is 5.16. The molecule has 176 valence electrons. The molecule has 1 aromatic heterocycles. The van der Waals surface area contributed by atoms with E-state index in [1.54, 1.807) is 6.08 Å². The molecule has 0 saturated heterocycles. The van der Waals surface area contributed by atoms with Gasteiger partial charge >= 0.3 is 0 Å². The smallest absolute Gasteiger partial charge is 0.283 e. The van der Waals surface area contributed by atoms with Crippen LogP contribution in [-0.2, 0) is 11.3 Å². The topological polar surface area (TPSA) is 83.0 Å². The number of para-hydroxylation sites is 1. The van der Waals surface area contributed by atoms with Crippen molar-refractivity contribution in [3.05, 3.63) is 94.3 Å². The molecule has 8 heteroatoms. The number of aromatic nitrogens is 1. The van der Waals surface area contributed by atoms with Gasteiger partial charge in [0.15, 0.2) is 5.84 Å². The number of carbonyl (C=O) groups excluding carboxylic acids is 1. The summed E-state index contributed by atoms with van der Waals surface area (Å²) in [5, 5.41) is 15.6. The average molecular weight is 484 g/mol. The van der Waals surface area contributed by atoms with Gasteiger partial charge in [0.05, 0.1) is 5.57 Å². The number of nitrogens with zero attached hydrogens (tertiary/aromatic N) is 4. The van der Waals surface area contributed by atoms with Crippen LogP contribution in [-0.4, -0.2) is 38.1 Å². The Morgan fingerprint density at radius 2 is 1.80 bits per heavy atom. The van der Waals surface area contributed by atoms with E-state index in [-0.39, 0.29) is 18.0 Å². The number of hydrazone groups is 1. The first-order valence-electron chi connectivity index (χ1n) is 11.3. The monoisotopic (exact) mass is 483 g/mol. The first-order valence-corrected chi connectivity index (χ1v) is 12.1. The number of aryl methyl sites for hydroxylation is 2. The molecule has 0 radical (unpaired) electrons. The van der Waals surface area contributed by atoms with E-state index >= 15 is 0 Å². The third-order valence-corrected chi connectivity index (χ3v) is 6.92. The Labute approximate surface area is 208 Å². The van der Waals surface area contributed by atoms with Crippen LogP contribution in [0.4, 0.5) is 0 Å². The summed E-state index contributed by atoms with van der Waals surface area (Å²) in [5.74, 6) is 0.365. The molecule has 0 atom stereocenters. The molecule has 2 aliphatic rings. The minimum atomic E-state index is -0.433. The fourth-order valence-electron chi connectivity index (χ4n) is 4.09. The van der Waals surface area contributed by atoms with E-state index in [0.717, 1.165) is 34.8 Å². The number of amidine groups is 2. The number of ether oxygens (including phenoxy) is 1. The maximum atomic E-state index is 12.9. The van der Waals surface area contributed by atoms with Crippen molar-refractivity contribution < 1.29 is 9.53 Å². The number of fused-ring (bicyclic) bond motifs is 1. The highest BCUT2D eigenvalue weighted by Gasteiger charge is 2.36. The molecule has 0 spiro atoms. The molecule has 7 nitrogen and oxygen atoms in total. The molecule has 3 aromatic rings. The van der Waals surface area contributed by atoms with Gasteiger partial charge in [-0.05, 0) is 67.4 Å². The van der Waals surface area contributed by atoms with Crippen LogP contribution in [0, 0.1) is 26.2 Å². The van der Waals surface area contributed by atoms with Crippen LogP contribution in [0.5, 0.6) is 5.75 Å². The molecule has 2 aliphatic heterocycles. The molecule has 1 amide bonds. The molecule has 0 fully saturated rings. The zero-order chi connectivity index (χ0) is 24.5. The quantitative estimate of drug-likeness (QED) is 0.491. The normalized spacial score (nSPS) is 16.4. The Balaban J connectivity index is 1.37. The summed E-state index contributed by atoms with van der Waals surface area (Å²) in [6.45, 7) is 7.04. The lowest BCUT2D eigenvalue weighted by Crippen LogP contribution is -2.35. The fourth-order valence-corrected chi connectivity index (χ4v) is 4.88. The Morgan fingerprint density at radius 3 is 2.57 bits per heavy atom. The van der Waals surface area contributed by atoms with Gasteiger partial charge in [-0.3, -0.25) is 10.2 Å². The highest BCUT2D eigenvalue weighted by Crippen LogP contribution is 2.30. The molecule has 3 heterocycles. The molecule has 0 saturated carbocycles. The van der Waals surface area contributed by atoms with Gasteiger partial charge in [-0.25, -0.2) is 0 Å². The zero-order valence-corrected chi connectivity index (χ0v) is 20.6. The highest BCUT2D eigenvalue weighted by molar-refractivity contribution is 8.27. The molecule has 0 unspecified atom stereocenters. The predicted molar refractivity (Wildman–Crippen MR) is 141 cm³/mol. The van der Waals surface area contributed by atoms with E-state index in [4.69, 9.17) is 10.1 Å². The van der Waals surface area contributed by atoms with Crippen molar-refractivity contribution in [1.82, 2.24) is 9.58 Å². The maximum Gasteiger partial charge on any atom is 0.283 e. The number of thioether (sulfide) groups is 1. The minimum Gasteiger partial charge on any atom is -0.486 e. The standard InChI is InChI=1S/C27H25N5O2S/c1-17-9-7-8-12-23(17)34-16-24-30-32-25(28)22(26(33)29-27(32)35-24)14-21-13-18(2)31(19(21)3)15-20-10-5-4-6-11-20/h4-14,28H,15-16H2,1-3H3. The molecule has 5 rings (SSSR count). The first kappa shape index (κ1) is 22.9. The second kappa shape index (κ2) is 9.38. The maximum absolute atomic E-state index is 12.9. The van der Waals surface area contributed by atoms with Crippen molar-refractivity contribution in [2.75, 3.05) is 6.61 Å². The molecule has 1 N–H and O–H groups in total. The number of benzene rings is 2. The lowest BCUT2D eigenvalue weighted by atomic mass is 10.1. The number of hydrogen-bond donors (Lipinski definition) is 1. The van der Waals surface area contributed by atoms with E-state index in [2.05, 4.69) is 26.8 Å². The Hall–Kier alpha value is -3.91. The number of hydrogen-bond acceptors (Lipinski definition) is 5. The SMILES string of the molecule is Cc1ccccc1OCC1=NN2C(=N)C(=Cc3cc(C)n(Cc4ccccc4)c3C)C(=O)N=C2S1. The van der Waals surface area contributed by atoms with E-state index in [1.165, 1.54) is 22.3 Å². The third-order valence-electron chi connectivity index (χ3n) is 6.04. The molecule has 2 aromatic carbocycles. The van der Waals surface area contributed by atoms with Gasteiger partial charge in [-0.2, -0.15) is 15.1 Å². The summed E-state index contributed by atoms with van der Waals surface area (Å²) < 4.78 is 8.09. The third kappa shape index (κ3) is 4.57. The van der Waals surface area contributed by atoms with Crippen LogP contribution in [0.15, 0.2) is 76.3 Å². The van der Waals surface area contributed by atoms with E-state index < -0.39 is 5.91 Å².